The van der Waals surface area contributed by atoms with E-state index >= 15 is 0 Å². The molecular weight excluding hydrogens is 518 g/mol. The number of hydrogen-bond donors (Lipinski definition) is 1. The molecule has 206 valence electrons. The standard InChI is InChI=1S/C29H34ClN5O4/c1-18-14-35(15-19(2)29(18,38)20-5-8-22(39-4)9-6-20)28(37)24-17-34(26-11-12-27(36)33(3)32-26)16-23(24)25-10-7-21(30)13-31-25/h5-13,18-19,23-24,38H,14-17H2,1-4H3/t18-,19-,23+,24+/m0/s1. The van der Waals surface area contributed by atoms with Crippen LogP contribution in [0.1, 0.15) is 31.0 Å². The lowest BCUT2D eigenvalue weighted by Gasteiger charge is -2.48. The average molecular weight is 552 g/mol. The molecule has 2 aromatic heterocycles. The van der Waals surface area contributed by atoms with E-state index in [1.807, 2.05) is 54.0 Å². The lowest BCUT2D eigenvalue weighted by molar-refractivity contribution is -0.152. The maximum absolute atomic E-state index is 14.1. The molecule has 1 N–H and O–H groups in total. The molecule has 0 saturated carbocycles. The summed E-state index contributed by atoms with van der Waals surface area (Å²) in [5, 5.41) is 16.8. The summed E-state index contributed by atoms with van der Waals surface area (Å²) >= 11 is 6.10. The van der Waals surface area contributed by atoms with E-state index in [9.17, 15) is 14.7 Å². The second-order valence-electron chi connectivity index (χ2n) is 10.8. The van der Waals surface area contributed by atoms with E-state index in [4.69, 9.17) is 16.3 Å². The van der Waals surface area contributed by atoms with Gasteiger partial charge in [-0.25, -0.2) is 4.68 Å². The first-order valence-electron chi connectivity index (χ1n) is 13.2. The van der Waals surface area contributed by atoms with Crippen molar-refractivity contribution in [2.45, 2.75) is 25.4 Å². The van der Waals surface area contributed by atoms with Crippen molar-refractivity contribution in [3.05, 3.63) is 81.4 Å². The van der Waals surface area contributed by atoms with Gasteiger partial charge in [0.1, 0.15) is 11.6 Å². The number of aromatic nitrogens is 3. The van der Waals surface area contributed by atoms with Gasteiger partial charge in [-0.2, -0.15) is 5.10 Å². The summed E-state index contributed by atoms with van der Waals surface area (Å²) in [4.78, 5) is 34.5. The van der Waals surface area contributed by atoms with E-state index in [-0.39, 0.29) is 35.1 Å². The van der Waals surface area contributed by atoms with E-state index in [0.717, 1.165) is 17.0 Å². The predicted octanol–water partition coefficient (Wildman–Crippen LogP) is 3.06. The molecule has 2 aliphatic rings. The predicted molar refractivity (Wildman–Crippen MR) is 149 cm³/mol. The third kappa shape index (κ3) is 5.01. The molecule has 4 atom stereocenters. The molecule has 0 spiro atoms. The highest BCUT2D eigenvalue weighted by atomic mass is 35.5. The molecule has 5 rings (SSSR count). The zero-order chi connectivity index (χ0) is 27.9. The number of halogens is 1. The fourth-order valence-corrected chi connectivity index (χ4v) is 6.26. The zero-order valence-electron chi connectivity index (χ0n) is 22.6. The van der Waals surface area contributed by atoms with Gasteiger partial charge in [-0.1, -0.05) is 37.6 Å². The van der Waals surface area contributed by atoms with Gasteiger partial charge in [-0.3, -0.25) is 14.6 Å². The van der Waals surface area contributed by atoms with Crippen molar-refractivity contribution in [1.29, 1.82) is 0 Å². The molecule has 2 aliphatic heterocycles. The molecule has 3 aromatic rings. The maximum atomic E-state index is 14.1. The quantitative estimate of drug-likeness (QED) is 0.520. The normalized spacial score (nSPS) is 24.6. The Balaban J connectivity index is 1.41. The molecule has 2 fully saturated rings. The van der Waals surface area contributed by atoms with Gasteiger partial charge in [0.25, 0.3) is 5.56 Å². The number of methoxy groups -OCH3 is 1. The Hall–Kier alpha value is -3.43. The van der Waals surface area contributed by atoms with Crippen molar-refractivity contribution in [3.63, 3.8) is 0 Å². The minimum Gasteiger partial charge on any atom is -0.497 e. The third-order valence-corrected chi connectivity index (χ3v) is 8.62. The Kier molecular flexibility index (Phi) is 7.39. The first-order chi connectivity index (χ1) is 18.6. The zero-order valence-corrected chi connectivity index (χ0v) is 23.4. The van der Waals surface area contributed by atoms with Crippen LogP contribution in [0, 0.1) is 17.8 Å². The van der Waals surface area contributed by atoms with Gasteiger partial charge in [-0.15, -0.1) is 0 Å². The molecule has 4 heterocycles. The molecule has 1 amide bonds. The summed E-state index contributed by atoms with van der Waals surface area (Å²) in [7, 11) is 3.23. The molecule has 9 nitrogen and oxygen atoms in total. The number of benzene rings is 1. The van der Waals surface area contributed by atoms with Crippen molar-refractivity contribution in [2.75, 3.05) is 38.2 Å². The lowest BCUT2D eigenvalue weighted by atomic mass is 9.70. The molecule has 10 heteroatoms. The number of nitrogens with zero attached hydrogens (tertiary/aromatic N) is 5. The summed E-state index contributed by atoms with van der Waals surface area (Å²) in [6, 6.07) is 14.4. The van der Waals surface area contributed by atoms with Crippen LogP contribution < -0.4 is 15.2 Å². The van der Waals surface area contributed by atoms with Gasteiger partial charge >= 0.3 is 0 Å². The van der Waals surface area contributed by atoms with Crippen LogP contribution in [0.15, 0.2) is 59.5 Å². The van der Waals surface area contributed by atoms with Gasteiger partial charge < -0.3 is 19.6 Å². The minimum atomic E-state index is -1.07. The van der Waals surface area contributed by atoms with Crippen LogP contribution in [0.3, 0.4) is 0 Å². The highest BCUT2D eigenvalue weighted by Gasteiger charge is 2.49. The van der Waals surface area contributed by atoms with Crippen molar-refractivity contribution in [3.8, 4) is 5.75 Å². The second-order valence-corrected chi connectivity index (χ2v) is 11.2. The van der Waals surface area contributed by atoms with Crippen LogP contribution in [0.2, 0.25) is 5.02 Å². The van der Waals surface area contributed by atoms with Gasteiger partial charge in [0.05, 0.1) is 23.7 Å². The molecular formula is C29H34ClN5O4. The number of anilines is 1. The third-order valence-electron chi connectivity index (χ3n) is 8.39. The van der Waals surface area contributed by atoms with Gasteiger partial charge in [-0.05, 0) is 35.9 Å². The Morgan fingerprint density at radius 2 is 1.72 bits per heavy atom. The number of amides is 1. The Morgan fingerprint density at radius 1 is 1.03 bits per heavy atom. The summed E-state index contributed by atoms with van der Waals surface area (Å²) in [6.45, 7) is 5.83. The highest BCUT2D eigenvalue weighted by molar-refractivity contribution is 6.30. The fraction of sp³-hybridized carbons (Fsp3) is 0.448. The summed E-state index contributed by atoms with van der Waals surface area (Å²) < 4.78 is 6.58. The highest BCUT2D eigenvalue weighted by Crippen LogP contribution is 2.43. The average Bonchev–Trinajstić information content (AvgIpc) is 3.38. The maximum Gasteiger partial charge on any atom is 0.266 e. The summed E-state index contributed by atoms with van der Waals surface area (Å²) in [5.74, 6) is 0.476. The van der Waals surface area contributed by atoms with E-state index in [1.165, 1.54) is 10.7 Å². The van der Waals surface area contributed by atoms with Gasteiger partial charge in [0.15, 0.2) is 0 Å². The monoisotopic (exact) mass is 551 g/mol. The van der Waals surface area contributed by atoms with E-state index in [1.54, 1.807) is 32.5 Å². The van der Waals surface area contributed by atoms with E-state index in [0.29, 0.717) is 37.0 Å². The molecule has 39 heavy (non-hydrogen) atoms. The van der Waals surface area contributed by atoms with Crippen molar-refractivity contribution in [2.24, 2.45) is 24.8 Å². The van der Waals surface area contributed by atoms with E-state index < -0.39 is 5.60 Å². The largest absolute Gasteiger partial charge is 0.497 e. The fourth-order valence-electron chi connectivity index (χ4n) is 6.15. The van der Waals surface area contributed by atoms with Gasteiger partial charge in [0.2, 0.25) is 5.91 Å². The van der Waals surface area contributed by atoms with Crippen LogP contribution in [0.25, 0.3) is 0 Å². The molecule has 0 radical (unpaired) electrons. The minimum absolute atomic E-state index is 0.0274. The summed E-state index contributed by atoms with van der Waals surface area (Å²) in [5.41, 5.74) is 0.354. The number of hydrogen-bond acceptors (Lipinski definition) is 7. The van der Waals surface area contributed by atoms with Crippen molar-refractivity contribution >= 4 is 23.3 Å². The van der Waals surface area contributed by atoms with Gasteiger partial charge in [0, 0.05) is 68.9 Å². The Morgan fingerprint density at radius 3 is 2.31 bits per heavy atom. The second kappa shape index (κ2) is 10.6. The first kappa shape index (κ1) is 27.1. The lowest BCUT2D eigenvalue weighted by Crippen LogP contribution is -2.57. The van der Waals surface area contributed by atoms with Crippen LogP contribution in [0.4, 0.5) is 5.82 Å². The van der Waals surface area contributed by atoms with E-state index in [2.05, 4.69) is 10.1 Å². The molecule has 2 saturated heterocycles. The molecule has 0 bridgehead atoms. The SMILES string of the molecule is COc1ccc(C2(O)[C@@H](C)CN(C(=O)[C@@H]3CN(c4ccc(=O)n(C)n4)C[C@H]3c3ccc(Cl)cn3)C[C@@H]2C)cc1. The number of likely N-dealkylation sites (tertiary alicyclic amines) is 1. The van der Waals surface area contributed by atoms with Crippen molar-refractivity contribution in [1.82, 2.24) is 19.7 Å². The number of carbonyl (C=O) groups is 1. The topological polar surface area (TPSA) is 101 Å². The van der Waals surface area contributed by atoms with Crippen LogP contribution in [0.5, 0.6) is 5.75 Å². The number of ether oxygens (including phenoxy) is 1. The number of carbonyl (C=O) groups excluding carboxylic acids is 1. The molecule has 1 aromatic carbocycles. The molecule has 0 unspecified atom stereocenters. The van der Waals surface area contributed by atoms with Crippen LogP contribution in [-0.2, 0) is 17.4 Å². The van der Waals surface area contributed by atoms with Crippen LogP contribution >= 0.6 is 11.6 Å². The number of aliphatic hydroxyl groups is 1. The van der Waals surface area contributed by atoms with Crippen LogP contribution in [-0.4, -0.2) is 64.0 Å². The molecule has 0 aliphatic carbocycles. The summed E-state index contributed by atoms with van der Waals surface area (Å²) in [6.07, 6.45) is 1.60. The number of pyridine rings is 1. The number of rotatable bonds is 5. The number of piperidine rings is 1. The smallest absolute Gasteiger partial charge is 0.266 e. The Bertz CT molecular complexity index is 1380. The Labute approximate surface area is 233 Å². The van der Waals surface area contributed by atoms with Crippen molar-refractivity contribution < 1.29 is 14.6 Å². The number of aryl methyl sites for hydroxylation is 1. The first-order valence-corrected chi connectivity index (χ1v) is 13.6.